The maximum absolute atomic E-state index is 12.5. The van der Waals surface area contributed by atoms with Crippen molar-refractivity contribution in [1.29, 1.82) is 0 Å². The van der Waals surface area contributed by atoms with E-state index in [1.165, 1.54) is 24.3 Å². The third-order valence-corrected chi connectivity index (χ3v) is 6.12. The molecule has 3 N–H and O–H groups in total. The molecule has 4 rings (SSSR count). The van der Waals surface area contributed by atoms with Crippen molar-refractivity contribution in [2.75, 3.05) is 4.72 Å². The van der Waals surface area contributed by atoms with E-state index >= 15 is 0 Å². The molecule has 156 valence electrons. The number of aromatic nitrogens is 1. The molecular weight excluding hydrogens is 412 g/mol. The van der Waals surface area contributed by atoms with Crippen LogP contribution in [0, 0.1) is 6.92 Å². The second kappa shape index (κ2) is 8.45. The van der Waals surface area contributed by atoms with Crippen molar-refractivity contribution in [3.8, 4) is 0 Å². The number of hydrogen-bond acceptors (Lipinski definition) is 4. The third-order valence-electron chi connectivity index (χ3n) is 4.72. The molecule has 0 aliphatic rings. The lowest BCUT2D eigenvalue weighted by Crippen LogP contribution is -2.18. The van der Waals surface area contributed by atoms with Crippen LogP contribution in [0.2, 0.25) is 0 Å². The summed E-state index contributed by atoms with van der Waals surface area (Å²) >= 11 is 0. The Hall–Kier alpha value is -3.91. The van der Waals surface area contributed by atoms with Crippen LogP contribution in [0.5, 0.6) is 0 Å². The standard InChI is InChI=1S/C23H20N4O3S/c1-16-6-12-20(13-7-16)31(29,30)27-19-10-8-17(9-11-19)23(28)26-25-15-18-14-24-22-5-3-2-4-21(18)22/h2-15,24,27H,1H3,(H,26,28)/b25-15+. The van der Waals surface area contributed by atoms with Crippen LogP contribution in [0.15, 0.2) is 89.0 Å². The summed E-state index contributed by atoms with van der Waals surface area (Å²) in [5, 5.41) is 5.02. The van der Waals surface area contributed by atoms with E-state index in [-0.39, 0.29) is 4.90 Å². The predicted molar refractivity (Wildman–Crippen MR) is 122 cm³/mol. The van der Waals surface area contributed by atoms with Crippen LogP contribution in [-0.2, 0) is 10.0 Å². The van der Waals surface area contributed by atoms with E-state index in [0.29, 0.717) is 11.3 Å². The van der Waals surface area contributed by atoms with Crippen molar-refractivity contribution in [3.05, 3.63) is 95.7 Å². The minimum Gasteiger partial charge on any atom is -0.361 e. The zero-order valence-electron chi connectivity index (χ0n) is 16.7. The molecule has 0 spiro atoms. The number of amides is 1. The van der Waals surface area contributed by atoms with Crippen molar-refractivity contribution < 1.29 is 13.2 Å². The van der Waals surface area contributed by atoms with Gasteiger partial charge in [0.2, 0.25) is 0 Å². The molecule has 7 nitrogen and oxygen atoms in total. The summed E-state index contributed by atoms with van der Waals surface area (Å²) in [6.45, 7) is 1.89. The first-order valence-corrected chi connectivity index (χ1v) is 11.0. The Balaban J connectivity index is 1.40. The Morgan fingerprint density at radius 1 is 0.968 bits per heavy atom. The maximum Gasteiger partial charge on any atom is 0.271 e. The molecule has 3 aromatic carbocycles. The van der Waals surface area contributed by atoms with Gasteiger partial charge in [0.1, 0.15) is 0 Å². The summed E-state index contributed by atoms with van der Waals surface area (Å²) < 4.78 is 27.4. The third kappa shape index (κ3) is 4.65. The van der Waals surface area contributed by atoms with E-state index in [1.54, 1.807) is 30.5 Å². The minimum atomic E-state index is -3.70. The molecule has 4 aromatic rings. The molecule has 0 aliphatic heterocycles. The second-order valence-electron chi connectivity index (χ2n) is 6.98. The number of fused-ring (bicyclic) bond motifs is 1. The number of rotatable bonds is 6. The Bertz CT molecular complexity index is 1360. The number of para-hydroxylation sites is 1. The van der Waals surface area contributed by atoms with Gasteiger partial charge < -0.3 is 4.98 Å². The Labute approximate surface area is 179 Å². The molecule has 0 atom stereocenters. The molecule has 31 heavy (non-hydrogen) atoms. The average Bonchev–Trinajstić information content (AvgIpc) is 3.17. The number of hydrazone groups is 1. The first kappa shape index (κ1) is 20.4. The summed E-state index contributed by atoms with van der Waals surface area (Å²) in [5.74, 6) is -0.399. The molecule has 1 amide bonds. The first-order valence-electron chi connectivity index (χ1n) is 9.51. The lowest BCUT2D eigenvalue weighted by Gasteiger charge is -2.09. The molecule has 0 unspecified atom stereocenters. The molecule has 0 saturated heterocycles. The maximum atomic E-state index is 12.5. The van der Waals surface area contributed by atoms with Crippen molar-refractivity contribution in [3.63, 3.8) is 0 Å². The van der Waals surface area contributed by atoms with E-state index in [4.69, 9.17) is 0 Å². The zero-order chi connectivity index (χ0) is 21.8. The highest BCUT2D eigenvalue weighted by Gasteiger charge is 2.14. The number of anilines is 1. The van der Waals surface area contributed by atoms with Crippen LogP contribution in [-0.4, -0.2) is 25.5 Å². The summed E-state index contributed by atoms with van der Waals surface area (Å²) in [6.07, 6.45) is 3.39. The van der Waals surface area contributed by atoms with E-state index in [0.717, 1.165) is 22.0 Å². The SMILES string of the molecule is Cc1ccc(S(=O)(=O)Nc2ccc(C(=O)N/N=C/c3c[nH]c4ccccc34)cc2)cc1. The number of carbonyl (C=O) groups excluding carboxylic acids is 1. The number of hydrogen-bond donors (Lipinski definition) is 3. The number of nitrogens with one attached hydrogen (secondary N) is 3. The predicted octanol–water partition coefficient (Wildman–Crippen LogP) is 4.04. The largest absolute Gasteiger partial charge is 0.361 e. The minimum absolute atomic E-state index is 0.173. The molecule has 0 saturated carbocycles. The zero-order valence-corrected chi connectivity index (χ0v) is 17.5. The number of aromatic amines is 1. The summed E-state index contributed by atoms with van der Waals surface area (Å²) in [5.41, 5.74) is 6.01. The first-order chi connectivity index (χ1) is 14.9. The monoisotopic (exact) mass is 432 g/mol. The van der Waals surface area contributed by atoms with Gasteiger partial charge in [0.05, 0.1) is 11.1 Å². The van der Waals surface area contributed by atoms with Crippen LogP contribution >= 0.6 is 0 Å². The van der Waals surface area contributed by atoms with Gasteiger partial charge in [-0.05, 0) is 49.4 Å². The normalized spacial score (nSPS) is 11.6. The fraction of sp³-hybridized carbons (Fsp3) is 0.0435. The van der Waals surface area contributed by atoms with Gasteiger partial charge in [0.25, 0.3) is 15.9 Å². The molecule has 0 aliphatic carbocycles. The molecule has 1 aromatic heterocycles. The number of H-pyrrole nitrogens is 1. The fourth-order valence-corrected chi connectivity index (χ4v) is 4.11. The summed E-state index contributed by atoms with van der Waals surface area (Å²) in [4.78, 5) is 15.6. The van der Waals surface area contributed by atoms with Gasteiger partial charge >= 0.3 is 0 Å². The fourth-order valence-electron chi connectivity index (χ4n) is 3.05. The summed E-state index contributed by atoms with van der Waals surface area (Å²) in [7, 11) is -3.70. The van der Waals surface area contributed by atoms with Gasteiger partial charge in [-0.15, -0.1) is 0 Å². The Morgan fingerprint density at radius 2 is 1.68 bits per heavy atom. The molecule has 8 heteroatoms. The van der Waals surface area contributed by atoms with Gasteiger partial charge in [0.15, 0.2) is 0 Å². The van der Waals surface area contributed by atoms with Crippen LogP contribution in [0.1, 0.15) is 21.5 Å². The molecule has 0 fully saturated rings. The second-order valence-corrected chi connectivity index (χ2v) is 8.67. The average molecular weight is 433 g/mol. The number of nitrogens with zero attached hydrogens (tertiary/aromatic N) is 1. The van der Waals surface area contributed by atoms with Gasteiger partial charge in [-0.25, -0.2) is 13.8 Å². The van der Waals surface area contributed by atoms with E-state index in [9.17, 15) is 13.2 Å². The van der Waals surface area contributed by atoms with Gasteiger partial charge in [-0.3, -0.25) is 9.52 Å². The summed E-state index contributed by atoms with van der Waals surface area (Å²) in [6, 6.07) is 20.5. The number of sulfonamides is 1. The number of benzene rings is 3. The van der Waals surface area contributed by atoms with Crippen molar-refractivity contribution >= 4 is 38.7 Å². The van der Waals surface area contributed by atoms with Crippen molar-refractivity contribution in [2.45, 2.75) is 11.8 Å². The van der Waals surface area contributed by atoms with E-state index in [1.807, 2.05) is 37.4 Å². The van der Waals surface area contributed by atoms with E-state index < -0.39 is 15.9 Å². The Morgan fingerprint density at radius 3 is 2.42 bits per heavy atom. The number of aryl methyl sites for hydroxylation is 1. The van der Waals surface area contributed by atoms with Crippen LogP contribution in [0.3, 0.4) is 0 Å². The highest BCUT2D eigenvalue weighted by atomic mass is 32.2. The molecule has 0 bridgehead atoms. The Kier molecular flexibility index (Phi) is 5.55. The highest BCUT2D eigenvalue weighted by Crippen LogP contribution is 2.18. The lowest BCUT2D eigenvalue weighted by molar-refractivity contribution is 0.0955. The van der Waals surface area contributed by atoms with Crippen molar-refractivity contribution in [2.24, 2.45) is 5.10 Å². The van der Waals surface area contributed by atoms with Gasteiger partial charge in [0, 0.05) is 33.9 Å². The lowest BCUT2D eigenvalue weighted by atomic mass is 10.2. The highest BCUT2D eigenvalue weighted by molar-refractivity contribution is 7.92. The van der Waals surface area contributed by atoms with Gasteiger partial charge in [-0.2, -0.15) is 5.10 Å². The quantitative estimate of drug-likeness (QED) is 0.316. The number of carbonyl (C=O) groups is 1. The molecular formula is C23H20N4O3S. The van der Waals surface area contributed by atoms with Crippen LogP contribution in [0.25, 0.3) is 10.9 Å². The van der Waals surface area contributed by atoms with Gasteiger partial charge in [-0.1, -0.05) is 35.9 Å². The molecule has 1 heterocycles. The van der Waals surface area contributed by atoms with Crippen LogP contribution in [0.4, 0.5) is 5.69 Å². The van der Waals surface area contributed by atoms with Crippen LogP contribution < -0.4 is 10.1 Å². The van der Waals surface area contributed by atoms with E-state index in [2.05, 4.69) is 20.2 Å². The van der Waals surface area contributed by atoms with Crippen molar-refractivity contribution in [1.82, 2.24) is 10.4 Å². The smallest absolute Gasteiger partial charge is 0.271 e. The topological polar surface area (TPSA) is 103 Å². The molecule has 0 radical (unpaired) electrons.